The van der Waals surface area contributed by atoms with Crippen molar-refractivity contribution in [3.8, 4) is 0 Å². The zero-order valence-electron chi connectivity index (χ0n) is 9.62. The first-order valence-corrected chi connectivity index (χ1v) is 7.00. The first-order chi connectivity index (χ1) is 7.34. The van der Waals surface area contributed by atoms with Crippen LogP contribution in [0.4, 0.5) is 10.1 Å². The molecule has 0 amide bonds. The molecule has 0 fully saturated rings. The predicted octanol–water partition coefficient (Wildman–Crippen LogP) is 2.44. The van der Waals surface area contributed by atoms with Gasteiger partial charge in [0, 0.05) is 18.0 Å². The second-order valence-corrected chi connectivity index (χ2v) is 5.86. The number of nitrogens with one attached hydrogen (secondary N) is 1. The van der Waals surface area contributed by atoms with Gasteiger partial charge in [0.1, 0.15) is 10.7 Å². The van der Waals surface area contributed by atoms with Crippen LogP contribution in [0, 0.1) is 5.82 Å². The number of hydrogen-bond donors (Lipinski definition) is 1. The molecular weight excluding hydrogens is 229 g/mol. The lowest BCUT2D eigenvalue weighted by Gasteiger charge is -2.13. The van der Waals surface area contributed by atoms with Gasteiger partial charge in [-0.3, -0.25) is 0 Å². The lowest BCUT2D eigenvalue weighted by atomic mass is 10.2. The summed E-state index contributed by atoms with van der Waals surface area (Å²) in [5.74, 6) is -0.711. The van der Waals surface area contributed by atoms with Crippen LogP contribution in [-0.2, 0) is 9.84 Å². The van der Waals surface area contributed by atoms with Gasteiger partial charge >= 0.3 is 0 Å². The molecule has 1 unspecified atom stereocenters. The van der Waals surface area contributed by atoms with E-state index in [9.17, 15) is 12.8 Å². The van der Waals surface area contributed by atoms with E-state index in [2.05, 4.69) is 5.32 Å². The second kappa shape index (κ2) is 4.82. The summed E-state index contributed by atoms with van der Waals surface area (Å²) in [6.07, 6.45) is 1.91. The van der Waals surface area contributed by atoms with Crippen LogP contribution < -0.4 is 5.32 Å². The van der Waals surface area contributed by atoms with E-state index in [0.717, 1.165) is 12.7 Å². The molecule has 1 aromatic rings. The van der Waals surface area contributed by atoms with Crippen LogP contribution in [0.2, 0.25) is 0 Å². The van der Waals surface area contributed by atoms with Gasteiger partial charge < -0.3 is 5.32 Å². The molecule has 1 N–H and O–H groups in total. The van der Waals surface area contributed by atoms with Crippen LogP contribution in [0.1, 0.15) is 20.3 Å². The van der Waals surface area contributed by atoms with Crippen molar-refractivity contribution in [1.29, 1.82) is 0 Å². The van der Waals surface area contributed by atoms with Gasteiger partial charge in [-0.25, -0.2) is 12.8 Å². The van der Waals surface area contributed by atoms with Crippen molar-refractivity contribution >= 4 is 15.5 Å². The number of anilines is 1. The summed E-state index contributed by atoms with van der Waals surface area (Å²) in [7, 11) is -3.51. The smallest absolute Gasteiger partial charge is 0.178 e. The zero-order valence-corrected chi connectivity index (χ0v) is 10.4. The Morgan fingerprint density at radius 1 is 1.44 bits per heavy atom. The average Bonchev–Trinajstić information content (AvgIpc) is 2.19. The lowest BCUT2D eigenvalue weighted by Crippen LogP contribution is -2.14. The zero-order chi connectivity index (χ0) is 12.3. The molecule has 5 heteroatoms. The van der Waals surface area contributed by atoms with Gasteiger partial charge in [0.25, 0.3) is 0 Å². The molecule has 16 heavy (non-hydrogen) atoms. The van der Waals surface area contributed by atoms with E-state index in [1.165, 1.54) is 18.2 Å². The van der Waals surface area contributed by atoms with Gasteiger partial charge in [-0.05, 0) is 31.5 Å². The van der Waals surface area contributed by atoms with Crippen molar-refractivity contribution in [1.82, 2.24) is 0 Å². The highest BCUT2D eigenvalue weighted by molar-refractivity contribution is 7.90. The molecule has 0 spiro atoms. The van der Waals surface area contributed by atoms with Crippen molar-refractivity contribution in [3.63, 3.8) is 0 Å². The van der Waals surface area contributed by atoms with E-state index in [0.29, 0.717) is 5.69 Å². The Balaban J connectivity index is 3.08. The van der Waals surface area contributed by atoms with Crippen molar-refractivity contribution in [2.24, 2.45) is 0 Å². The fourth-order valence-electron chi connectivity index (χ4n) is 1.26. The Labute approximate surface area is 95.6 Å². The van der Waals surface area contributed by atoms with E-state index in [1.807, 2.05) is 13.8 Å². The number of halogens is 1. The molecule has 1 rings (SSSR count). The summed E-state index contributed by atoms with van der Waals surface area (Å²) >= 11 is 0. The van der Waals surface area contributed by atoms with Gasteiger partial charge in [0.05, 0.1) is 0 Å². The quantitative estimate of drug-likeness (QED) is 0.886. The summed E-state index contributed by atoms with van der Waals surface area (Å²) in [6.45, 7) is 3.99. The normalized spacial score (nSPS) is 13.5. The number of hydrogen-bond acceptors (Lipinski definition) is 3. The van der Waals surface area contributed by atoms with Crippen LogP contribution >= 0.6 is 0 Å². The topological polar surface area (TPSA) is 46.2 Å². The Hall–Kier alpha value is -1.10. The monoisotopic (exact) mass is 245 g/mol. The van der Waals surface area contributed by atoms with Gasteiger partial charge in [-0.15, -0.1) is 0 Å². The van der Waals surface area contributed by atoms with Crippen LogP contribution in [0.3, 0.4) is 0 Å². The summed E-state index contributed by atoms with van der Waals surface area (Å²) in [6, 6.07) is 4.26. The maximum Gasteiger partial charge on any atom is 0.178 e. The maximum absolute atomic E-state index is 13.3. The van der Waals surface area contributed by atoms with E-state index in [-0.39, 0.29) is 10.9 Å². The number of sulfone groups is 1. The third-order valence-corrected chi connectivity index (χ3v) is 3.47. The fraction of sp³-hybridized carbons (Fsp3) is 0.455. The van der Waals surface area contributed by atoms with Crippen molar-refractivity contribution in [2.45, 2.75) is 31.2 Å². The van der Waals surface area contributed by atoms with Crippen LogP contribution in [0.5, 0.6) is 0 Å². The molecule has 1 aromatic carbocycles. The van der Waals surface area contributed by atoms with Crippen molar-refractivity contribution < 1.29 is 12.8 Å². The standard InChI is InChI=1S/C11H16FNO2S/c1-4-8(2)13-9-5-6-10(12)11(7-9)16(3,14)15/h5-8,13H,4H2,1-3H3. The molecular formula is C11H16FNO2S. The molecule has 0 aliphatic heterocycles. The third-order valence-electron chi connectivity index (χ3n) is 2.36. The Bertz CT molecular complexity index is 471. The molecule has 0 heterocycles. The molecule has 0 aliphatic carbocycles. The largest absolute Gasteiger partial charge is 0.383 e. The maximum atomic E-state index is 13.3. The fourth-order valence-corrected chi connectivity index (χ4v) is 2.03. The summed E-state index contributed by atoms with van der Waals surface area (Å²) < 4.78 is 35.9. The third kappa shape index (κ3) is 3.20. The predicted molar refractivity (Wildman–Crippen MR) is 62.9 cm³/mol. The summed E-state index contributed by atoms with van der Waals surface area (Å²) in [5.41, 5.74) is 0.621. The van der Waals surface area contributed by atoms with Gasteiger partial charge in [-0.2, -0.15) is 0 Å². The highest BCUT2D eigenvalue weighted by Crippen LogP contribution is 2.20. The van der Waals surface area contributed by atoms with Crippen LogP contribution in [0.25, 0.3) is 0 Å². The molecule has 90 valence electrons. The highest BCUT2D eigenvalue weighted by Gasteiger charge is 2.14. The molecule has 3 nitrogen and oxygen atoms in total. The molecule has 1 atom stereocenters. The highest BCUT2D eigenvalue weighted by atomic mass is 32.2. The molecule has 0 aromatic heterocycles. The minimum absolute atomic E-state index is 0.220. The van der Waals surface area contributed by atoms with E-state index in [1.54, 1.807) is 0 Å². The van der Waals surface area contributed by atoms with Crippen LogP contribution in [0.15, 0.2) is 23.1 Å². The first-order valence-electron chi connectivity index (χ1n) is 5.10. The van der Waals surface area contributed by atoms with Gasteiger partial charge in [-0.1, -0.05) is 6.92 Å². The van der Waals surface area contributed by atoms with E-state index < -0.39 is 15.7 Å². The molecule has 0 saturated carbocycles. The number of rotatable bonds is 4. The average molecular weight is 245 g/mol. The molecule has 0 bridgehead atoms. The lowest BCUT2D eigenvalue weighted by molar-refractivity contribution is 0.570. The second-order valence-electron chi connectivity index (χ2n) is 3.87. The van der Waals surface area contributed by atoms with E-state index >= 15 is 0 Å². The minimum atomic E-state index is -3.51. The SMILES string of the molecule is CCC(C)Nc1ccc(F)c(S(C)(=O)=O)c1. The molecule has 0 radical (unpaired) electrons. The Morgan fingerprint density at radius 3 is 2.56 bits per heavy atom. The Kier molecular flexibility index (Phi) is 3.91. The van der Waals surface area contributed by atoms with Crippen molar-refractivity contribution in [2.75, 3.05) is 11.6 Å². The summed E-state index contributed by atoms with van der Waals surface area (Å²) in [4.78, 5) is -0.263. The van der Waals surface area contributed by atoms with Crippen LogP contribution in [-0.4, -0.2) is 20.7 Å². The van der Waals surface area contributed by atoms with Crippen molar-refractivity contribution in [3.05, 3.63) is 24.0 Å². The minimum Gasteiger partial charge on any atom is -0.383 e. The van der Waals surface area contributed by atoms with Gasteiger partial charge in [0.15, 0.2) is 9.84 Å². The molecule has 0 saturated heterocycles. The first kappa shape index (κ1) is 13.0. The summed E-state index contributed by atoms with van der Waals surface area (Å²) in [5, 5.41) is 3.10. The van der Waals surface area contributed by atoms with Gasteiger partial charge in [0.2, 0.25) is 0 Å². The molecule has 0 aliphatic rings. The Morgan fingerprint density at radius 2 is 2.06 bits per heavy atom. The van der Waals surface area contributed by atoms with E-state index in [4.69, 9.17) is 0 Å². The number of benzene rings is 1.